The summed E-state index contributed by atoms with van der Waals surface area (Å²) in [7, 11) is 0. The fourth-order valence-electron chi connectivity index (χ4n) is 7.68. The van der Waals surface area contributed by atoms with E-state index in [0.717, 1.165) is 22.4 Å². The zero-order valence-corrected chi connectivity index (χ0v) is 22.9. The van der Waals surface area contributed by atoms with Crippen LogP contribution in [-0.4, -0.2) is 17.2 Å². The van der Waals surface area contributed by atoms with Gasteiger partial charge in [0.05, 0.1) is 11.3 Å². The third kappa shape index (κ3) is 2.88. The van der Waals surface area contributed by atoms with Crippen molar-refractivity contribution in [3.05, 3.63) is 87.5 Å². The number of anilines is 1. The van der Waals surface area contributed by atoms with Crippen LogP contribution < -0.4 is 10.6 Å². The number of hydrogen-bond donors (Lipinski definition) is 1. The first kappa shape index (κ1) is 24.5. The van der Waals surface area contributed by atoms with Gasteiger partial charge < -0.3 is 15.4 Å². The molecule has 2 N–H and O–H groups in total. The van der Waals surface area contributed by atoms with Crippen molar-refractivity contribution in [2.75, 3.05) is 4.90 Å². The maximum atomic E-state index is 15.0. The van der Waals surface area contributed by atoms with Crippen LogP contribution in [0.3, 0.4) is 0 Å². The van der Waals surface area contributed by atoms with Gasteiger partial charge >= 0.3 is 0 Å². The molecule has 4 aliphatic rings. The second-order valence-electron chi connectivity index (χ2n) is 13.0. The first-order chi connectivity index (χ1) is 17.8. The molecule has 0 aromatic heterocycles. The molecule has 2 aromatic rings. The van der Waals surface area contributed by atoms with Crippen molar-refractivity contribution in [1.29, 1.82) is 5.26 Å². The molecule has 2 atom stereocenters. The lowest BCUT2D eigenvalue weighted by molar-refractivity contribution is -0.126. The van der Waals surface area contributed by atoms with Gasteiger partial charge in [0, 0.05) is 29.4 Å². The highest BCUT2D eigenvalue weighted by Crippen LogP contribution is 2.63. The summed E-state index contributed by atoms with van der Waals surface area (Å²) in [6.45, 7) is 12.4. The van der Waals surface area contributed by atoms with Crippen molar-refractivity contribution in [2.24, 2.45) is 11.1 Å². The minimum Gasteiger partial charge on any atom is -0.444 e. The van der Waals surface area contributed by atoms with Crippen molar-refractivity contribution < 1.29 is 14.3 Å². The predicted molar refractivity (Wildman–Crippen MR) is 145 cm³/mol. The van der Waals surface area contributed by atoms with Crippen LogP contribution in [0.1, 0.15) is 76.1 Å². The van der Waals surface area contributed by atoms with Gasteiger partial charge in [0.2, 0.25) is 11.8 Å². The van der Waals surface area contributed by atoms with Crippen LogP contribution in [-0.2, 0) is 25.2 Å². The zero-order chi connectivity index (χ0) is 27.4. The number of carbonyl (C=O) groups excluding carboxylic acids is 2. The normalized spacial score (nSPS) is 28.7. The van der Waals surface area contributed by atoms with Crippen molar-refractivity contribution in [1.82, 2.24) is 0 Å². The average molecular weight is 508 g/mol. The number of Topliss-reactive ketones (excluding diaryl/α,β-unsaturated/α-hetero) is 1. The van der Waals surface area contributed by atoms with Crippen molar-refractivity contribution in [2.45, 2.75) is 77.2 Å². The summed E-state index contributed by atoms with van der Waals surface area (Å²) in [4.78, 5) is 30.7. The summed E-state index contributed by atoms with van der Waals surface area (Å²) >= 11 is 0. The number of ketones is 1. The number of amides is 1. The molecule has 0 saturated heterocycles. The van der Waals surface area contributed by atoms with Gasteiger partial charge in [-0.15, -0.1) is 0 Å². The van der Waals surface area contributed by atoms with Crippen LogP contribution in [0.4, 0.5) is 5.69 Å². The Kier molecular flexibility index (Phi) is 4.75. The third-order valence-electron chi connectivity index (χ3n) is 8.98. The second-order valence-corrected chi connectivity index (χ2v) is 13.0. The third-order valence-corrected chi connectivity index (χ3v) is 8.98. The summed E-state index contributed by atoms with van der Waals surface area (Å²) in [6, 6.07) is 16.7. The molecular weight excluding hydrogens is 474 g/mol. The average Bonchev–Trinajstić information content (AvgIpc) is 3.06. The highest BCUT2D eigenvalue weighted by Gasteiger charge is 2.67. The van der Waals surface area contributed by atoms with E-state index >= 15 is 0 Å². The number of nitriles is 1. The highest BCUT2D eigenvalue weighted by atomic mass is 16.5. The van der Waals surface area contributed by atoms with Gasteiger partial charge in [-0.2, -0.15) is 5.26 Å². The van der Waals surface area contributed by atoms with Gasteiger partial charge in [0.1, 0.15) is 22.8 Å². The zero-order valence-electron chi connectivity index (χ0n) is 22.9. The van der Waals surface area contributed by atoms with Gasteiger partial charge in [-0.3, -0.25) is 9.59 Å². The molecular formula is C32H33N3O3. The lowest BCUT2D eigenvalue weighted by atomic mass is 9.61. The molecule has 0 bridgehead atoms. The largest absolute Gasteiger partial charge is 0.444 e. The van der Waals surface area contributed by atoms with E-state index in [1.54, 1.807) is 0 Å². The number of nitrogens with two attached hydrogens (primary N) is 1. The van der Waals surface area contributed by atoms with Crippen molar-refractivity contribution in [3.63, 3.8) is 0 Å². The molecule has 3 heterocycles. The monoisotopic (exact) mass is 507 g/mol. The first-order valence-corrected chi connectivity index (χ1v) is 13.2. The number of nitrogens with zero attached hydrogens (tertiary/aromatic N) is 2. The number of fused-ring (bicyclic) bond motifs is 2. The molecule has 6 nitrogen and oxygen atoms in total. The maximum absolute atomic E-state index is 15.0. The van der Waals surface area contributed by atoms with Gasteiger partial charge in [-0.25, -0.2) is 0 Å². The molecule has 2 aromatic carbocycles. The standard InChI is InChI=1S/C32H33N3O3/c1-18-12-20-26-21(13-18)32(22(16-33)27(34)38-24-15-29(2,3)14-23(36)25(24)32)28(37)35(26)30(4,5)17-31(20,6)19-10-8-7-9-11-19/h7-13H,14-15,17,34H2,1-6H3/t31-,32-/m1/s1. The van der Waals surface area contributed by atoms with Crippen LogP contribution in [0.25, 0.3) is 0 Å². The molecule has 194 valence electrons. The SMILES string of the molecule is Cc1cc2c3c(c1)[C@@](C)(c1ccccc1)CC(C)(C)N3C(=O)[C@@]21C(C#N)=C(N)OC2=C1C(=O)CC(C)(C)C2. The molecule has 6 rings (SSSR count). The van der Waals surface area contributed by atoms with E-state index in [1.165, 1.54) is 0 Å². The number of rotatable bonds is 1. The molecule has 0 fully saturated rings. The number of aryl methyl sites for hydroxylation is 1. The van der Waals surface area contributed by atoms with Gasteiger partial charge in [0.15, 0.2) is 5.78 Å². The lowest BCUT2D eigenvalue weighted by Gasteiger charge is -2.50. The van der Waals surface area contributed by atoms with Crippen LogP contribution in [0.2, 0.25) is 0 Å². The number of benzene rings is 2. The Morgan fingerprint density at radius 1 is 1.00 bits per heavy atom. The Morgan fingerprint density at radius 3 is 2.32 bits per heavy atom. The molecule has 1 aliphatic carbocycles. The molecule has 1 amide bonds. The maximum Gasteiger partial charge on any atom is 0.248 e. The van der Waals surface area contributed by atoms with Crippen molar-refractivity contribution in [3.8, 4) is 6.07 Å². The molecule has 1 spiro atoms. The fourth-order valence-corrected chi connectivity index (χ4v) is 7.68. The first-order valence-electron chi connectivity index (χ1n) is 13.2. The van der Waals surface area contributed by atoms with Crippen LogP contribution in [0, 0.1) is 23.7 Å². The van der Waals surface area contributed by atoms with Gasteiger partial charge in [-0.1, -0.05) is 68.8 Å². The molecule has 38 heavy (non-hydrogen) atoms. The number of ether oxygens (including phenoxy) is 1. The summed E-state index contributed by atoms with van der Waals surface area (Å²) < 4.78 is 5.98. The van der Waals surface area contributed by atoms with E-state index in [4.69, 9.17) is 10.5 Å². The van der Waals surface area contributed by atoms with Crippen LogP contribution in [0.15, 0.2) is 65.3 Å². The summed E-state index contributed by atoms with van der Waals surface area (Å²) in [5.74, 6) is -0.134. The minimum atomic E-state index is -1.62. The lowest BCUT2D eigenvalue weighted by Crippen LogP contribution is -2.58. The number of hydrogen-bond acceptors (Lipinski definition) is 5. The van der Waals surface area contributed by atoms with Crippen LogP contribution >= 0.6 is 0 Å². The quantitative estimate of drug-likeness (QED) is 0.555. The summed E-state index contributed by atoms with van der Waals surface area (Å²) in [5, 5.41) is 10.5. The topological polar surface area (TPSA) is 96.4 Å². The molecule has 3 aliphatic heterocycles. The van der Waals surface area contributed by atoms with E-state index in [1.807, 2.05) is 49.9 Å². The Bertz CT molecular complexity index is 1560. The smallest absolute Gasteiger partial charge is 0.248 e. The van der Waals surface area contributed by atoms with E-state index < -0.39 is 16.4 Å². The fraction of sp³-hybridized carbons (Fsp3) is 0.406. The Hall–Kier alpha value is -3.85. The van der Waals surface area contributed by atoms with E-state index in [0.29, 0.717) is 24.2 Å². The molecule has 0 saturated carbocycles. The minimum absolute atomic E-state index is 0.00807. The molecule has 0 radical (unpaired) electrons. The van der Waals surface area contributed by atoms with Crippen molar-refractivity contribution >= 4 is 17.4 Å². The molecule has 6 heteroatoms. The Labute approximate surface area is 223 Å². The van der Waals surface area contributed by atoms with E-state index in [-0.39, 0.29) is 40.6 Å². The Morgan fingerprint density at radius 2 is 1.66 bits per heavy atom. The number of allylic oxidation sites excluding steroid dienone is 1. The highest BCUT2D eigenvalue weighted by molar-refractivity contribution is 6.21. The Balaban J connectivity index is 1.76. The van der Waals surface area contributed by atoms with Crippen LogP contribution in [0.5, 0.6) is 0 Å². The van der Waals surface area contributed by atoms with E-state index in [9.17, 15) is 14.9 Å². The molecule has 0 unspecified atom stereocenters. The van der Waals surface area contributed by atoms with Gasteiger partial charge in [-0.05, 0) is 43.7 Å². The predicted octanol–water partition coefficient (Wildman–Crippen LogP) is 5.44. The second kappa shape index (κ2) is 7.38. The number of carbonyl (C=O) groups is 2. The van der Waals surface area contributed by atoms with E-state index in [2.05, 4.69) is 45.0 Å². The summed E-state index contributed by atoms with van der Waals surface area (Å²) in [5.41, 5.74) is 8.34. The summed E-state index contributed by atoms with van der Waals surface area (Å²) in [6.07, 6.45) is 1.40. The van der Waals surface area contributed by atoms with Gasteiger partial charge in [0.25, 0.3) is 0 Å².